The minimum Gasteiger partial charge on any atom is -0.477 e. The normalized spacial score (nSPS) is 10.3. The van der Waals surface area contributed by atoms with Crippen LogP contribution in [0.4, 0.5) is 5.69 Å². The summed E-state index contributed by atoms with van der Waals surface area (Å²) in [6.07, 6.45) is 0. The molecule has 0 saturated heterocycles. The van der Waals surface area contributed by atoms with Crippen molar-refractivity contribution in [3.8, 4) is 5.75 Å². The number of benzene rings is 1. The number of hydrogen-bond acceptors (Lipinski definition) is 5. The van der Waals surface area contributed by atoms with Crippen LogP contribution >= 0.6 is 11.3 Å². The Balaban J connectivity index is 1.92. The Hall–Kier alpha value is -2.41. The molecular formula is C15H16N2O4S. The van der Waals surface area contributed by atoms with Crippen LogP contribution in [0.2, 0.25) is 0 Å². The molecule has 0 atom stereocenters. The van der Waals surface area contributed by atoms with Crippen LogP contribution in [0.25, 0.3) is 0 Å². The second-order valence-corrected chi connectivity index (χ2v) is 5.82. The first-order valence-electron chi connectivity index (χ1n) is 6.65. The number of ether oxygens (including phenoxy) is 1. The number of hydrogen-bond donors (Lipinski definition) is 1. The van der Waals surface area contributed by atoms with Crippen LogP contribution in [-0.4, -0.2) is 17.4 Å². The Kier molecular flexibility index (Phi) is 5.11. The van der Waals surface area contributed by atoms with Crippen molar-refractivity contribution in [2.24, 2.45) is 0 Å². The summed E-state index contributed by atoms with van der Waals surface area (Å²) in [5.74, 6) is -0.212. The number of amides is 1. The van der Waals surface area contributed by atoms with Gasteiger partial charge in [-0.2, -0.15) is 0 Å². The molecule has 22 heavy (non-hydrogen) atoms. The Morgan fingerprint density at radius 2 is 2.14 bits per heavy atom. The smallest absolute Gasteiger partial charge is 0.310 e. The largest absolute Gasteiger partial charge is 0.477 e. The molecule has 0 radical (unpaired) electrons. The molecule has 0 aliphatic heterocycles. The number of rotatable bonds is 6. The van der Waals surface area contributed by atoms with Gasteiger partial charge in [0.15, 0.2) is 12.4 Å². The number of carbonyl (C=O) groups excluding carboxylic acids is 1. The molecule has 6 nitrogen and oxygen atoms in total. The molecule has 1 N–H and O–H groups in total. The van der Waals surface area contributed by atoms with Crippen molar-refractivity contribution in [1.82, 2.24) is 5.32 Å². The van der Waals surface area contributed by atoms with Gasteiger partial charge in [-0.05, 0) is 42.5 Å². The summed E-state index contributed by atoms with van der Waals surface area (Å²) in [6.45, 7) is 3.96. The van der Waals surface area contributed by atoms with Gasteiger partial charge in [-0.25, -0.2) is 0 Å². The summed E-state index contributed by atoms with van der Waals surface area (Å²) in [6, 6.07) is 6.54. The monoisotopic (exact) mass is 320 g/mol. The zero-order valence-electron chi connectivity index (χ0n) is 12.3. The summed E-state index contributed by atoms with van der Waals surface area (Å²) in [7, 11) is 0. The van der Waals surface area contributed by atoms with Gasteiger partial charge in [0, 0.05) is 10.9 Å². The van der Waals surface area contributed by atoms with E-state index in [9.17, 15) is 14.9 Å². The number of nitrogens with zero attached hydrogens (tertiary/aromatic N) is 1. The van der Waals surface area contributed by atoms with Crippen molar-refractivity contribution in [3.05, 3.63) is 55.8 Å². The summed E-state index contributed by atoms with van der Waals surface area (Å²) < 4.78 is 5.29. The van der Waals surface area contributed by atoms with Gasteiger partial charge >= 0.3 is 5.69 Å². The van der Waals surface area contributed by atoms with Crippen molar-refractivity contribution in [1.29, 1.82) is 0 Å². The van der Waals surface area contributed by atoms with Crippen LogP contribution in [0.15, 0.2) is 29.6 Å². The number of thiophene rings is 1. The van der Waals surface area contributed by atoms with Crippen LogP contribution in [0.5, 0.6) is 5.75 Å². The molecule has 2 rings (SSSR count). The molecule has 1 aromatic carbocycles. The molecular weight excluding hydrogens is 304 g/mol. The molecule has 0 bridgehead atoms. The molecule has 0 saturated carbocycles. The van der Waals surface area contributed by atoms with Crippen molar-refractivity contribution in [2.45, 2.75) is 20.4 Å². The van der Waals surface area contributed by atoms with Crippen LogP contribution in [0.1, 0.15) is 16.0 Å². The first-order chi connectivity index (χ1) is 10.5. The predicted octanol–water partition coefficient (Wildman–Crippen LogP) is 2.97. The Morgan fingerprint density at radius 3 is 2.77 bits per heavy atom. The molecule has 1 aromatic heterocycles. The lowest BCUT2D eigenvalue weighted by molar-refractivity contribution is -0.385. The van der Waals surface area contributed by atoms with Crippen molar-refractivity contribution >= 4 is 22.9 Å². The van der Waals surface area contributed by atoms with E-state index in [4.69, 9.17) is 4.74 Å². The SMILES string of the molecule is Cc1ccc([N+](=O)[O-])c(OCC(=O)NCc2sccc2C)c1. The average molecular weight is 320 g/mol. The quantitative estimate of drug-likeness (QED) is 0.655. The molecule has 1 heterocycles. The lowest BCUT2D eigenvalue weighted by Gasteiger charge is -2.08. The Labute approximate surface area is 131 Å². The summed E-state index contributed by atoms with van der Waals surface area (Å²) in [5.41, 5.74) is 1.81. The zero-order chi connectivity index (χ0) is 16.1. The third-order valence-electron chi connectivity index (χ3n) is 3.09. The fraction of sp³-hybridized carbons (Fsp3) is 0.267. The molecule has 116 valence electrons. The average Bonchev–Trinajstić information content (AvgIpc) is 2.88. The number of nitro benzene ring substituents is 1. The standard InChI is InChI=1S/C15H16N2O4S/c1-10-3-4-12(17(19)20)13(7-10)21-9-15(18)16-8-14-11(2)5-6-22-14/h3-7H,8-9H2,1-2H3,(H,16,18). The maximum absolute atomic E-state index is 11.8. The van der Waals surface area contributed by atoms with Gasteiger partial charge in [0.25, 0.3) is 5.91 Å². The molecule has 0 spiro atoms. The molecule has 0 aliphatic rings. The third-order valence-corrected chi connectivity index (χ3v) is 4.11. The van der Waals surface area contributed by atoms with Gasteiger partial charge in [-0.3, -0.25) is 14.9 Å². The minimum absolute atomic E-state index is 0.104. The first-order valence-corrected chi connectivity index (χ1v) is 7.53. The lowest BCUT2D eigenvalue weighted by Crippen LogP contribution is -2.28. The van der Waals surface area contributed by atoms with Crippen molar-refractivity contribution < 1.29 is 14.5 Å². The maximum atomic E-state index is 11.8. The van der Waals surface area contributed by atoms with Gasteiger partial charge in [-0.1, -0.05) is 6.07 Å². The van der Waals surface area contributed by atoms with E-state index in [2.05, 4.69) is 5.32 Å². The predicted molar refractivity (Wildman–Crippen MR) is 84.2 cm³/mol. The van der Waals surface area contributed by atoms with Gasteiger partial charge in [-0.15, -0.1) is 11.3 Å². The van der Waals surface area contributed by atoms with E-state index >= 15 is 0 Å². The summed E-state index contributed by atoms with van der Waals surface area (Å²) in [5, 5.41) is 15.6. The van der Waals surface area contributed by atoms with E-state index in [1.165, 1.54) is 6.07 Å². The second kappa shape index (κ2) is 7.04. The highest BCUT2D eigenvalue weighted by Crippen LogP contribution is 2.27. The van der Waals surface area contributed by atoms with Gasteiger partial charge < -0.3 is 10.1 Å². The van der Waals surface area contributed by atoms with E-state index in [1.807, 2.05) is 18.4 Å². The molecule has 1 amide bonds. The Morgan fingerprint density at radius 1 is 1.36 bits per heavy atom. The third kappa shape index (κ3) is 4.05. The molecule has 7 heteroatoms. The van der Waals surface area contributed by atoms with E-state index in [-0.39, 0.29) is 24.0 Å². The second-order valence-electron chi connectivity index (χ2n) is 4.82. The molecule has 0 aliphatic carbocycles. The Bertz CT molecular complexity index is 697. The van der Waals surface area contributed by atoms with Crippen molar-refractivity contribution in [3.63, 3.8) is 0 Å². The zero-order valence-corrected chi connectivity index (χ0v) is 13.1. The lowest BCUT2D eigenvalue weighted by atomic mass is 10.2. The van der Waals surface area contributed by atoms with E-state index in [1.54, 1.807) is 30.4 Å². The van der Waals surface area contributed by atoms with Gasteiger partial charge in [0.1, 0.15) is 0 Å². The number of aryl methyl sites for hydroxylation is 2. The molecule has 0 unspecified atom stereocenters. The van der Waals surface area contributed by atoms with Crippen LogP contribution in [0.3, 0.4) is 0 Å². The van der Waals surface area contributed by atoms with E-state index in [0.717, 1.165) is 16.0 Å². The maximum Gasteiger partial charge on any atom is 0.310 e. The fourth-order valence-electron chi connectivity index (χ4n) is 1.85. The van der Waals surface area contributed by atoms with Crippen LogP contribution < -0.4 is 10.1 Å². The summed E-state index contributed by atoms with van der Waals surface area (Å²) >= 11 is 1.57. The number of nitro groups is 1. The minimum atomic E-state index is -0.526. The van der Waals surface area contributed by atoms with Gasteiger partial charge in [0.2, 0.25) is 0 Å². The van der Waals surface area contributed by atoms with Crippen LogP contribution in [0, 0.1) is 24.0 Å². The highest BCUT2D eigenvalue weighted by atomic mass is 32.1. The fourth-order valence-corrected chi connectivity index (χ4v) is 2.69. The number of carbonyl (C=O) groups is 1. The highest BCUT2D eigenvalue weighted by Gasteiger charge is 2.16. The first kappa shape index (κ1) is 16.0. The van der Waals surface area contributed by atoms with Crippen LogP contribution in [-0.2, 0) is 11.3 Å². The van der Waals surface area contributed by atoms with E-state index < -0.39 is 4.92 Å². The van der Waals surface area contributed by atoms with Crippen molar-refractivity contribution in [2.75, 3.05) is 6.61 Å². The topological polar surface area (TPSA) is 81.5 Å². The van der Waals surface area contributed by atoms with E-state index in [0.29, 0.717) is 6.54 Å². The highest BCUT2D eigenvalue weighted by molar-refractivity contribution is 7.10. The number of nitrogens with one attached hydrogen (secondary N) is 1. The summed E-state index contributed by atoms with van der Waals surface area (Å²) in [4.78, 5) is 23.3. The van der Waals surface area contributed by atoms with Gasteiger partial charge in [0.05, 0.1) is 11.5 Å². The molecule has 0 fully saturated rings. The molecule has 2 aromatic rings.